The van der Waals surface area contributed by atoms with Crippen LogP contribution in [0.4, 0.5) is 0 Å². The number of methoxy groups -OCH3 is 1. The Hall–Kier alpha value is -7.74. The quantitative estimate of drug-likeness (QED) is 0.131. The fourth-order valence-electron chi connectivity index (χ4n) is 13.7. The van der Waals surface area contributed by atoms with Gasteiger partial charge >= 0.3 is 0 Å². The van der Waals surface area contributed by atoms with Gasteiger partial charge in [-0.15, -0.1) is 0 Å². The van der Waals surface area contributed by atoms with Crippen LogP contribution in [0.3, 0.4) is 0 Å². The molecule has 11 aromatic rings. The van der Waals surface area contributed by atoms with Gasteiger partial charge in [-0.3, -0.25) is 0 Å². The van der Waals surface area contributed by atoms with Gasteiger partial charge in [-0.1, -0.05) is 198 Å². The zero-order valence-corrected chi connectivity index (χ0v) is 40.8. The van der Waals surface area contributed by atoms with E-state index in [1.165, 1.54) is 132 Å². The summed E-state index contributed by atoms with van der Waals surface area (Å²) in [4.78, 5) is 0. The third-order valence-corrected chi connectivity index (χ3v) is 17.2. The lowest BCUT2D eigenvalue weighted by atomic mass is 9.72. The third kappa shape index (κ3) is 5.85. The van der Waals surface area contributed by atoms with Crippen molar-refractivity contribution in [3.63, 3.8) is 0 Å². The second kappa shape index (κ2) is 16.2. The van der Waals surface area contributed by atoms with E-state index in [4.69, 9.17) is 4.74 Å². The standard InChI is InChI=1S/C69H56O/c1-6-68(7-2)60-29-19-18-20-48(60)49-37-32-44(40-61(49)68)45-33-38-50-51-39-34-46(42-63(51)69(8-3,9-4)62(50)41-45)65-54-23-12-16-27-58(54)67(59-28-17-13-24-55(59)65)66-56-25-14-10-21-52(56)64(53-22-11-15-26-57(53)66)43-30-35-47(70-5)36-31-43/h10-42H,6-9H2,1-5H3. The molecule has 0 atom stereocenters. The van der Waals surface area contributed by atoms with E-state index < -0.39 is 0 Å². The average molecular weight is 901 g/mol. The molecule has 2 aliphatic carbocycles. The molecule has 0 N–H and O–H groups in total. The minimum Gasteiger partial charge on any atom is -0.497 e. The lowest BCUT2D eigenvalue weighted by Crippen LogP contribution is -2.23. The SMILES string of the molecule is CCC1(CC)c2ccccc2-c2ccc(-c3ccc4c(c3)C(CC)(CC)c3cc(-c5c6ccccc6c(-c6c7ccccc7c(-c7ccc(OC)cc7)c7ccccc67)c6ccccc56)ccc3-4)cc21. The van der Waals surface area contributed by atoms with Crippen molar-refractivity contribution in [1.82, 2.24) is 0 Å². The number of hydrogen-bond donors (Lipinski definition) is 0. The Labute approximate surface area is 412 Å². The second-order valence-electron chi connectivity index (χ2n) is 19.8. The number of fused-ring (bicyclic) bond motifs is 10. The second-order valence-corrected chi connectivity index (χ2v) is 19.8. The highest BCUT2D eigenvalue weighted by Crippen LogP contribution is 2.57. The van der Waals surface area contributed by atoms with E-state index in [0.29, 0.717) is 0 Å². The Morgan fingerprint density at radius 2 is 0.586 bits per heavy atom. The van der Waals surface area contributed by atoms with E-state index in [9.17, 15) is 0 Å². The van der Waals surface area contributed by atoms with Gasteiger partial charge in [-0.25, -0.2) is 0 Å². The van der Waals surface area contributed by atoms with Crippen LogP contribution in [0, 0.1) is 0 Å². The van der Waals surface area contributed by atoms with Crippen LogP contribution in [0.15, 0.2) is 200 Å². The van der Waals surface area contributed by atoms with Crippen molar-refractivity contribution in [3.05, 3.63) is 222 Å². The minimum absolute atomic E-state index is 0.0402. The molecule has 1 nitrogen and oxygen atoms in total. The van der Waals surface area contributed by atoms with Crippen molar-refractivity contribution >= 4 is 43.1 Å². The molecular formula is C69H56O. The van der Waals surface area contributed by atoms with Crippen molar-refractivity contribution in [2.45, 2.75) is 64.2 Å². The first-order chi connectivity index (χ1) is 34.5. The van der Waals surface area contributed by atoms with Crippen LogP contribution in [0.5, 0.6) is 5.75 Å². The van der Waals surface area contributed by atoms with Gasteiger partial charge in [-0.2, -0.15) is 0 Å². The molecule has 0 spiro atoms. The van der Waals surface area contributed by atoms with Crippen molar-refractivity contribution < 1.29 is 4.74 Å². The Balaban J connectivity index is 0.990. The first-order valence-corrected chi connectivity index (χ1v) is 25.5. The molecule has 0 heterocycles. The van der Waals surface area contributed by atoms with Crippen LogP contribution in [0.25, 0.3) is 110 Å². The molecule has 0 radical (unpaired) electrons. The smallest absolute Gasteiger partial charge is 0.118 e. The first kappa shape index (κ1) is 42.4. The number of hydrogen-bond acceptors (Lipinski definition) is 1. The van der Waals surface area contributed by atoms with Gasteiger partial charge in [0.15, 0.2) is 0 Å². The lowest BCUT2D eigenvalue weighted by Gasteiger charge is -2.31. The molecule has 70 heavy (non-hydrogen) atoms. The summed E-state index contributed by atoms with van der Waals surface area (Å²) in [5, 5.41) is 10.1. The summed E-state index contributed by atoms with van der Waals surface area (Å²) in [7, 11) is 1.73. The summed E-state index contributed by atoms with van der Waals surface area (Å²) in [5.74, 6) is 0.858. The lowest BCUT2D eigenvalue weighted by molar-refractivity contribution is 0.415. The highest BCUT2D eigenvalue weighted by Gasteiger charge is 2.42. The topological polar surface area (TPSA) is 9.23 Å². The molecule has 11 aromatic carbocycles. The summed E-state index contributed by atoms with van der Waals surface area (Å²) >= 11 is 0. The molecule has 0 saturated heterocycles. The molecule has 0 fully saturated rings. The molecule has 0 aliphatic heterocycles. The molecule has 0 aromatic heterocycles. The highest BCUT2D eigenvalue weighted by molar-refractivity contribution is 6.30. The van der Waals surface area contributed by atoms with Gasteiger partial charge in [-0.05, 0) is 188 Å². The number of ether oxygens (including phenoxy) is 1. The Morgan fingerprint density at radius 1 is 0.286 bits per heavy atom. The summed E-state index contributed by atoms with van der Waals surface area (Å²) < 4.78 is 5.59. The normalized spacial score (nSPS) is 14.0. The molecule has 0 saturated carbocycles. The fraction of sp³-hybridized carbons (Fsp3) is 0.159. The van der Waals surface area contributed by atoms with Crippen molar-refractivity contribution in [2.75, 3.05) is 7.11 Å². The van der Waals surface area contributed by atoms with E-state index >= 15 is 0 Å². The maximum absolute atomic E-state index is 5.59. The van der Waals surface area contributed by atoms with Gasteiger partial charge in [0.25, 0.3) is 0 Å². The third-order valence-electron chi connectivity index (χ3n) is 17.2. The van der Waals surface area contributed by atoms with Crippen LogP contribution in [-0.4, -0.2) is 7.11 Å². The van der Waals surface area contributed by atoms with Gasteiger partial charge < -0.3 is 4.74 Å². The van der Waals surface area contributed by atoms with Crippen LogP contribution in [0.1, 0.15) is 75.6 Å². The van der Waals surface area contributed by atoms with Gasteiger partial charge in [0.1, 0.15) is 5.75 Å². The predicted octanol–water partition coefficient (Wildman–Crippen LogP) is 19.1. The maximum atomic E-state index is 5.59. The molecule has 2 aliphatic rings. The molecule has 0 unspecified atom stereocenters. The van der Waals surface area contributed by atoms with E-state index in [1.54, 1.807) is 7.11 Å². The van der Waals surface area contributed by atoms with Crippen molar-refractivity contribution in [1.29, 1.82) is 0 Å². The van der Waals surface area contributed by atoms with E-state index in [0.717, 1.165) is 31.4 Å². The Kier molecular flexibility index (Phi) is 9.79. The Bertz CT molecular complexity index is 3800. The number of benzene rings is 11. The molecule has 0 bridgehead atoms. The molecule has 338 valence electrons. The average Bonchev–Trinajstić information content (AvgIpc) is 3.87. The van der Waals surface area contributed by atoms with Crippen molar-refractivity contribution in [3.8, 4) is 72.5 Å². The molecule has 0 amide bonds. The highest BCUT2D eigenvalue weighted by atomic mass is 16.5. The summed E-state index contributed by atoms with van der Waals surface area (Å²) in [6, 6.07) is 76.1. The van der Waals surface area contributed by atoms with Crippen LogP contribution >= 0.6 is 0 Å². The maximum Gasteiger partial charge on any atom is 0.118 e. The first-order valence-electron chi connectivity index (χ1n) is 25.5. The summed E-state index contributed by atoms with van der Waals surface area (Å²) in [6.07, 6.45) is 4.23. The van der Waals surface area contributed by atoms with Crippen LogP contribution < -0.4 is 4.74 Å². The van der Waals surface area contributed by atoms with Crippen LogP contribution in [-0.2, 0) is 10.8 Å². The molecule has 1 heteroatoms. The van der Waals surface area contributed by atoms with Gasteiger partial charge in [0.05, 0.1) is 7.11 Å². The minimum atomic E-state index is -0.116. The van der Waals surface area contributed by atoms with E-state index in [-0.39, 0.29) is 10.8 Å². The largest absolute Gasteiger partial charge is 0.497 e. The van der Waals surface area contributed by atoms with Gasteiger partial charge in [0.2, 0.25) is 0 Å². The van der Waals surface area contributed by atoms with E-state index in [1.807, 2.05) is 0 Å². The van der Waals surface area contributed by atoms with Gasteiger partial charge in [0, 0.05) is 10.8 Å². The predicted molar refractivity (Wildman–Crippen MR) is 298 cm³/mol. The molecular weight excluding hydrogens is 845 g/mol. The van der Waals surface area contributed by atoms with Crippen LogP contribution in [0.2, 0.25) is 0 Å². The fourth-order valence-corrected chi connectivity index (χ4v) is 13.7. The van der Waals surface area contributed by atoms with Crippen molar-refractivity contribution in [2.24, 2.45) is 0 Å². The monoisotopic (exact) mass is 900 g/mol. The Morgan fingerprint density at radius 3 is 0.986 bits per heavy atom. The molecule has 13 rings (SSSR count). The van der Waals surface area contributed by atoms with E-state index in [2.05, 4.69) is 228 Å². The zero-order valence-electron chi connectivity index (χ0n) is 40.8. The summed E-state index contributed by atoms with van der Waals surface area (Å²) in [6.45, 7) is 9.54. The summed E-state index contributed by atoms with van der Waals surface area (Å²) in [5.41, 5.74) is 21.5. The zero-order chi connectivity index (χ0) is 47.3. The number of rotatable bonds is 9.